The molecule has 0 saturated carbocycles. The van der Waals surface area contributed by atoms with Gasteiger partial charge in [0.1, 0.15) is 18.1 Å². The van der Waals surface area contributed by atoms with E-state index in [1.54, 1.807) is 43.6 Å². The number of H-pyrrole nitrogens is 2. The van der Waals surface area contributed by atoms with Crippen LogP contribution < -0.4 is 15.8 Å². The molecular weight excluding hydrogens is 447 g/mol. The lowest BCUT2D eigenvalue weighted by molar-refractivity contribution is 0.102. The summed E-state index contributed by atoms with van der Waals surface area (Å²) in [5, 5.41) is 9.11. The van der Waals surface area contributed by atoms with Crippen molar-refractivity contribution in [3.63, 3.8) is 0 Å². The molecule has 0 aliphatic heterocycles. The van der Waals surface area contributed by atoms with Crippen LogP contribution in [0.25, 0.3) is 11.5 Å². The average molecular weight is 461 g/mol. The summed E-state index contributed by atoms with van der Waals surface area (Å²) in [5.74, 6) is -0.430. The lowest BCUT2D eigenvalue weighted by atomic mass is 10.2. The van der Waals surface area contributed by atoms with E-state index in [9.17, 15) is 9.59 Å². The van der Waals surface area contributed by atoms with Gasteiger partial charge in [0.05, 0.1) is 15.7 Å². The summed E-state index contributed by atoms with van der Waals surface area (Å²) in [5.41, 5.74) is 1.47. The zero-order chi connectivity index (χ0) is 22.0. The largest absolute Gasteiger partial charge is 0.483 e. The lowest BCUT2D eigenvalue weighted by Gasteiger charge is -2.13. The van der Waals surface area contributed by atoms with Crippen LogP contribution in [0.15, 0.2) is 45.9 Å². The van der Waals surface area contributed by atoms with Crippen LogP contribution in [0.3, 0.4) is 0 Å². The molecule has 0 spiro atoms. The molecule has 0 aliphatic carbocycles. The predicted octanol–water partition coefficient (Wildman–Crippen LogP) is 3.59. The topological polar surface area (TPSA) is 139 Å². The Hall–Kier alpha value is -3.63. The van der Waals surface area contributed by atoms with Crippen molar-refractivity contribution in [3.05, 3.63) is 74.5 Å². The molecule has 4 rings (SSSR count). The normalized spacial score (nSPS) is 10.8. The molecule has 0 radical (unpaired) electrons. The molecule has 3 N–H and O–H groups in total. The number of aryl methyl sites for hydroxylation is 1. The van der Waals surface area contributed by atoms with E-state index in [0.29, 0.717) is 22.8 Å². The van der Waals surface area contributed by atoms with Crippen LogP contribution in [-0.2, 0) is 6.61 Å². The van der Waals surface area contributed by atoms with Gasteiger partial charge in [-0.3, -0.25) is 4.79 Å². The third-order valence-corrected chi connectivity index (χ3v) is 5.12. The maximum Gasteiger partial charge on any atom is 0.434 e. The Morgan fingerprint density at radius 1 is 1.23 bits per heavy atom. The summed E-state index contributed by atoms with van der Waals surface area (Å²) in [4.78, 5) is 35.1. The van der Waals surface area contributed by atoms with E-state index in [2.05, 4.69) is 30.5 Å². The van der Waals surface area contributed by atoms with E-state index in [0.717, 1.165) is 0 Å². The fourth-order valence-corrected chi connectivity index (χ4v) is 3.11. The summed E-state index contributed by atoms with van der Waals surface area (Å²) in [7, 11) is 0. The number of carbonyl (C=O) groups is 1. The number of aromatic amines is 2. The van der Waals surface area contributed by atoms with Crippen molar-refractivity contribution in [2.75, 3.05) is 5.32 Å². The number of hydrogen-bond acceptors (Lipinski definition) is 7. The molecule has 0 fully saturated rings. The van der Waals surface area contributed by atoms with Crippen LogP contribution in [-0.4, -0.2) is 31.1 Å². The minimum atomic E-state index is -0.693. The summed E-state index contributed by atoms with van der Waals surface area (Å²) in [6.07, 6.45) is 3.17. The zero-order valence-corrected chi connectivity index (χ0v) is 17.4. The van der Waals surface area contributed by atoms with Gasteiger partial charge >= 0.3 is 5.76 Å². The molecule has 10 nitrogen and oxygen atoms in total. The smallest absolute Gasteiger partial charge is 0.434 e. The van der Waals surface area contributed by atoms with E-state index in [1.807, 2.05) is 0 Å². The Morgan fingerprint density at radius 2 is 2.00 bits per heavy atom. The van der Waals surface area contributed by atoms with Crippen LogP contribution in [0, 0.1) is 6.92 Å². The van der Waals surface area contributed by atoms with Crippen molar-refractivity contribution >= 4 is 34.8 Å². The summed E-state index contributed by atoms with van der Waals surface area (Å²) >= 11 is 12.2. The fourth-order valence-electron chi connectivity index (χ4n) is 2.69. The van der Waals surface area contributed by atoms with Gasteiger partial charge in [-0.15, -0.1) is 5.10 Å². The van der Waals surface area contributed by atoms with Crippen molar-refractivity contribution in [2.45, 2.75) is 13.5 Å². The minimum absolute atomic E-state index is 0.0336. The van der Waals surface area contributed by atoms with Gasteiger partial charge in [-0.1, -0.05) is 23.2 Å². The monoisotopic (exact) mass is 460 g/mol. The molecular formula is C19H14Cl2N6O4. The summed E-state index contributed by atoms with van der Waals surface area (Å²) in [6, 6.07) is 6.43. The third kappa shape index (κ3) is 4.44. The Kier molecular flexibility index (Phi) is 5.74. The Labute approximate surface area is 184 Å². The molecule has 0 unspecified atom stereocenters. The maximum absolute atomic E-state index is 12.7. The quantitative estimate of drug-likeness (QED) is 0.399. The van der Waals surface area contributed by atoms with Crippen LogP contribution in [0.5, 0.6) is 5.75 Å². The number of ether oxygens (including phenoxy) is 1. The first kappa shape index (κ1) is 20.6. The first-order chi connectivity index (χ1) is 14.9. The van der Waals surface area contributed by atoms with Gasteiger partial charge in [0.25, 0.3) is 5.91 Å². The van der Waals surface area contributed by atoms with E-state index in [1.165, 1.54) is 0 Å². The number of aromatic nitrogens is 5. The molecule has 1 amide bonds. The number of nitrogens with one attached hydrogen (secondary N) is 3. The Bertz CT molecular complexity index is 1300. The number of halogens is 2. The molecule has 31 heavy (non-hydrogen) atoms. The summed E-state index contributed by atoms with van der Waals surface area (Å²) < 4.78 is 10.8. The molecule has 1 aromatic carbocycles. The molecule has 3 aromatic heterocycles. The number of hydrogen-bond donors (Lipinski definition) is 3. The first-order valence-corrected chi connectivity index (χ1v) is 9.61. The van der Waals surface area contributed by atoms with E-state index >= 15 is 0 Å². The molecule has 0 aliphatic rings. The van der Waals surface area contributed by atoms with E-state index in [4.69, 9.17) is 32.4 Å². The van der Waals surface area contributed by atoms with Crippen molar-refractivity contribution in [1.29, 1.82) is 0 Å². The first-order valence-electron chi connectivity index (χ1n) is 8.86. The molecule has 158 valence electrons. The van der Waals surface area contributed by atoms with Crippen LogP contribution in [0.4, 0.5) is 5.69 Å². The highest BCUT2D eigenvalue weighted by atomic mass is 35.5. The van der Waals surface area contributed by atoms with Gasteiger partial charge in [-0.25, -0.2) is 19.9 Å². The van der Waals surface area contributed by atoms with Crippen LogP contribution in [0.1, 0.15) is 22.0 Å². The van der Waals surface area contributed by atoms with Gasteiger partial charge in [-0.05, 0) is 31.2 Å². The van der Waals surface area contributed by atoms with E-state index in [-0.39, 0.29) is 34.0 Å². The number of benzene rings is 1. The van der Waals surface area contributed by atoms with Gasteiger partial charge in [0, 0.05) is 23.7 Å². The molecule has 4 aromatic rings. The van der Waals surface area contributed by atoms with Gasteiger partial charge in [0.2, 0.25) is 5.89 Å². The van der Waals surface area contributed by atoms with Crippen molar-refractivity contribution in [1.82, 2.24) is 25.1 Å². The Morgan fingerprint density at radius 3 is 2.65 bits per heavy atom. The number of amides is 1. The van der Waals surface area contributed by atoms with Crippen LogP contribution in [0.2, 0.25) is 10.0 Å². The summed E-state index contributed by atoms with van der Waals surface area (Å²) in [6.45, 7) is 1.73. The second-order valence-electron chi connectivity index (χ2n) is 6.29. The van der Waals surface area contributed by atoms with Crippen molar-refractivity contribution in [3.8, 4) is 17.2 Å². The Balaban J connectivity index is 1.65. The number of nitrogens with zero attached hydrogens (tertiary/aromatic N) is 3. The predicted molar refractivity (Wildman–Crippen MR) is 112 cm³/mol. The standard InChI is InChI=1S/C19H14Cl2N6O4/c1-9-14(20)15(21)16(24-9)17(28)25-11-4-3-10(18-26-27-19(29)31-18)7-12(11)30-8-13-22-5-2-6-23-13/h2-7,24H,8H2,1H3,(H,25,28)(H,27,29). The highest BCUT2D eigenvalue weighted by Gasteiger charge is 2.20. The number of carbonyl (C=O) groups excluding carboxylic acids is 1. The number of anilines is 1. The molecule has 12 heteroatoms. The van der Waals surface area contributed by atoms with Crippen molar-refractivity contribution in [2.24, 2.45) is 0 Å². The lowest BCUT2D eigenvalue weighted by Crippen LogP contribution is -2.14. The molecule has 0 saturated heterocycles. The second-order valence-corrected chi connectivity index (χ2v) is 7.05. The van der Waals surface area contributed by atoms with E-state index < -0.39 is 11.7 Å². The zero-order valence-electron chi connectivity index (χ0n) is 15.9. The van der Waals surface area contributed by atoms with Gasteiger partial charge in [-0.2, -0.15) is 0 Å². The fraction of sp³-hybridized carbons (Fsp3) is 0.105. The highest BCUT2D eigenvalue weighted by molar-refractivity contribution is 6.44. The van der Waals surface area contributed by atoms with Gasteiger partial charge in [0.15, 0.2) is 5.82 Å². The minimum Gasteiger partial charge on any atom is -0.483 e. The average Bonchev–Trinajstić information content (AvgIpc) is 3.32. The number of rotatable bonds is 6. The maximum atomic E-state index is 12.7. The van der Waals surface area contributed by atoms with Gasteiger partial charge < -0.3 is 19.5 Å². The SMILES string of the molecule is Cc1[nH]c(C(=O)Nc2ccc(-c3n[nH]c(=O)o3)cc2OCc2ncccn2)c(Cl)c1Cl. The molecule has 0 atom stereocenters. The second kappa shape index (κ2) is 8.62. The molecule has 3 heterocycles. The third-order valence-electron chi connectivity index (χ3n) is 4.17. The molecule has 0 bridgehead atoms. The highest BCUT2D eigenvalue weighted by Crippen LogP contribution is 2.33. The van der Waals surface area contributed by atoms with Crippen molar-refractivity contribution < 1.29 is 13.9 Å². The van der Waals surface area contributed by atoms with Crippen LogP contribution >= 0.6 is 23.2 Å².